The van der Waals surface area contributed by atoms with E-state index in [9.17, 15) is 29.8 Å². The zero-order chi connectivity index (χ0) is 20.1. The van der Waals surface area contributed by atoms with E-state index in [1.54, 1.807) is 13.8 Å². The molecule has 0 fully saturated rings. The predicted molar refractivity (Wildman–Crippen MR) is 93.6 cm³/mol. The van der Waals surface area contributed by atoms with Crippen molar-refractivity contribution in [3.8, 4) is 0 Å². The first-order valence-corrected chi connectivity index (χ1v) is 8.19. The van der Waals surface area contributed by atoms with Crippen molar-refractivity contribution in [3.63, 3.8) is 0 Å². The number of aromatic nitrogens is 1. The molecule has 2 N–H and O–H groups in total. The summed E-state index contributed by atoms with van der Waals surface area (Å²) in [6.45, 7) is 3.44. The minimum Gasteiger partial charge on any atom is -0.462 e. The normalized spacial score (nSPS) is 10.1. The average molecular weight is 395 g/mol. The van der Waals surface area contributed by atoms with Crippen LogP contribution in [0.2, 0.25) is 0 Å². The van der Waals surface area contributed by atoms with Gasteiger partial charge in [-0.2, -0.15) is 0 Å². The van der Waals surface area contributed by atoms with Gasteiger partial charge in [-0.25, -0.2) is 9.78 Å². The second kappa shape index (κ2) is 8.18. The maximum absolute atomic E-state index is 12.2. The number of amides is 1. The molecule has 0 atom stereocenters. The summed E-state index contributed by atoms with van der Waals surface area (Å²) in [7, 11) is 0. The van der Waals surface area contributed by atoms with E-state index in [1.807, 2.05) is 0 Å². The van der Waals surface area contributed by atoms with Crippen molar-refractivity contribution in [3.05, 3.63) is 54.6 Å². The Morgan fingerprint density at radius 3 is 2.30 bits per heavy atom. The minimum absolute atomic E-state index is 0.170. The molecular formula is C14H13N5O7S. The van der Waals surface area contributed by atoms with Gasteiger partial charge in [0.1, 0.15) is 4.88 Å². The van der Waals surface area contributed by atoms with Gasteiger partial charge >= 0.3 is 5.97 Å². The third-order valence-electron chi connectivity index (χ3n) is 3.13. The van der Waals surface area contributed by atoms with Gasteiger partial charge in [0.15, 0.2) is 0 Å². The molecule has 1 amide bonds. The second-order valence-electron chi connectivity index (χ2n) is 4.99. The van der Waals surface area contributed by atoms with Crippen LogP contribution in [0.15, 0.2) is 18.2 Å². The number of carbonyl (C=O) groups excluding carboxylic acids is 2. The molecule has 1 heterocycles. The Bertz CT molecular complexity index is 894. The topological polar surface area (TPSA) is 167 Å². The van der Waals surface area contributed by atoms with Crippen LogP contribution in [0.4, 0.5) is 16.5 Å². The fourth-order valence-electron chi connectivity index (χ4n) is 1.96. The smallest absolute Gasteiger partial charge is 0.350 e. The lowest BCUT2D eigenvalue weighted by Gasteiger charge is -2.05. The molecule has 0 aliphatic carbocycles. The lowest BCUT2D eigenvalue weighted by molar-refractivity contribution is -0.394. The Hall–Kier alpha value is -3.61. The predicted octanol–water partition coefficient (Wildman–Crippen LogP) is 2.20. The number of nitrogens with one attached hydrogen (secondary N) is 2. The Kier molecular flexibility index (Phi) is 5.97. The van der Waals surface area contributed by atoms with Gasteiger partial charge in [0.05, 0.1) is 33.8 Å². The quantitative estimate of drug-likeness (QED) is 0.406. The van der Waals surface area contributed by atoms with E-state index in [1.165, 1.54) is 0 Å². The van der Waals surface area contributed by atoms with E-state index in [0.717, 1.165) is 29.5 Å². The number of aryl methyl sites for hydroxylation is 1. The molecule has 0 bridgehead atoms. The fraction of sp³-hybridized carbons (Fsp3) is 0.214. The van der Waals surface area contributed by atoms with Crippen LogP contribution in [-0.4, -0.2) is 33.3 Å². The summed E-state index contributed by atoms with van der Waals surface area (Å²) in [5.41, 5.74) is 3.59. The molecular weight excluding hydrogens is 382 g/mol. The molecule has 13 heteroatoms. The van der Waals surface area contributed by atoms with E-state index in [2.05, 4.69) is 15.8 Å². The number of hydrogen-bond donors (Lipinski definition) is 2. The molecule has 27 heavy (non-hydrogen) atoms. The van der Waals surface area contributed by atoms with E-state index < -0.39 is 33.1 Å². The zero-order valence-corrected chi connectivity index (χ0v) is 14.9. The number of anilines is 1. The van der Waals surface area contributed by atoms with Crippen LogP contribution >= 0.6 is 11.3 Å². The van der Waals surface area contributed by atoms with Crippen LogP contribution in [0.3, 0.4) is 0 Å². The van der Waals surface area contributed by atoms with Gasteiger partial charge in [-0.15, -0.1) is 0 Å². The third-order valence-corrected chi connectivity index (χ3v) is 4.18. The number of nitrogens with zero attached hydrogens (tertiary/aromatic N) is 3. The first kappa shape index (κ1) is 19.7. The van der Waals surface area contributed by atoms with Gasteiger partial charge in [0.25, 0.3) is 17.3 Å². The number of ether oxygens (including phenoxy) is 1. The first-order valence-electron chi connectivity index (χ1n) is 7.37. The van der Waals surface area contributed by atoms with Crippen LogP contribution in [0, 0.1) is 27.2 Å². The highest BCUT2D eigenvalue weighted by Crippen LogP contribution is 2.24. The van der Waals surface area contributed by atoms with Crippen molar-refractivity contribution in [2.45, 2.75) is 13.8 Å². The average Bonchev–Trinajstić information content (AvgIpc) is 3.00. The Morgan fingerprint density at radius 2 is 1.78 bits per heavy atom. The summed E-state index contributed by atoms with van der Waals surface area (Å²) in [5.74, 6) is -1.41. The Morgan fingerprint density at radius 1 is 1.19 bits per heavy atom. The molecule has 0 unspecified atom stereocenters. The lowest BCUT2D eigenvalue weighted by atomic mass is 10.1. The molecule has 142 valence electrons. The summed E-state index contributed by atoms with van der Waals surface area (Å²) in [6, 6.07) is 2.56. The van der Waals surface area contributed by atoms with Gasteiger partial charge in [-0.3, -0.25) is 35.9 Å². The van der Waals surface area contributed by atoms with E-state index in [4.69, 9.17) is 4.74 Å². The SMILES string of the molecule is CCOC(=O)c1sc(NNC(=O)c2cc([N+](=O)[O-])cc([N+](=O)[O-])c2)nc1C. The Balaban J connectivity index is 2.16. The summed E-state index contributed by atoms with van der Waals surface area (Å²) in [5, 5.41) is 21.9. The monoisotopic (exact) mass is 395 g/mol. The summed E-state index contributed by atoms with van der Waals surface area (Å²) >= 11 is 0.933. The van der Waals surface area contributed by atoms with Gasteiger partial charge in [0.2, 0.25) is 5.13 Å². The van der Waals surface area contributed by atoms with Crippen molar-refractivity contribution < 1.29 is 24.2 Å². The number of carbonyl (C=O) groups is 2. The van der Waals surface area contributed by atoms with Crippen molar-refractivity contribution >= 4 is 39.7 Å². The highest BCUT2D eigenvalue weighted by molar-refractivity contribution is 7.17. The summed E-state index contributed by atoms with van der Waals surface area (Å²) < 4.78 is 4.88. The van der Waals surface area contributed by atoms with E-state index >= 15 is 0 Å². The number of thiazole rings is 1. The fourth-order valence-corrected chi connectivity index (χ4v) is 2.77. The van der Waals surface area contributed by atoms with Crippen LogP contribution in [-0.2, 0) is 4.74 Å². The van der Waals surface area contributed by atoms with Gasteiger partial charge < -0.3 is 4.74 Å². The molecule has 0 radical (unpaired) electrons. The summed E-state index contributed by atoms with van der Waals surface area (Å²) in [6.07, 6.45) is 0. The highest BCUT2D eigenvalue weighted by atomic mass is 32.1. The Labute approximate surface area is 155 Å². The first-order chi connectivity index (χ1) is 12.7. The number of nitro benzene ring substituents is 2. The van der Waals surface area contributed by atoms with Gasteiger partial charge in [0, 0.05) is 12.1 Å². The highest BCUT2D eigenvalue weighted by Gasteiger charge is 2.21. The van der Waals surface area contributed by atoms with Crippen LogP contribution < -0.4 is 10.9 Å². The molecule has 2 aromatic rings. The molecule has 1 aromatic heterocycles. The number of esters is 1. The molecule has 12 nitrogen and oxygen atoms in total. The maximum atomic E-state index is 12.2. The minimum atomic E-state index is -0.854. The van der Waals surface area contributed by atoms with Crippen molar-refractivity contribution in [1.82, 2.24) is 10.4 Å². The molecule has 0 saturated carbocycles. The number of benzene rings is 1. The lowest BCUT2D eigenvalue weighted by Crippen LogP contribution is -2.29. The van der Waals surface area contributed by atoms with Crippen LogP contribution in [0.1, 0.15) is 32.6 Å². The number of hydrogen-bond acceptors (Lipinski definition) is 10. The number of hydrazine groups is 1. The van der Waals surface area contributed by atoms with Crippen molar-refractivity contribution in [1.29, 1.82) is 0 Å². The van der Waals surface area contributed by atoms with Crippen molar-refractivity contribution in [2.75, 3.05) is 12.0 Å². The van der Waals surface area contributed by atoms with E-state index in [-0.39, 0.29) is 22.2 Å². The molecule has 0 saturated heterocycles. The standard InChI is InChI=1S/C14H13N5O7S/c1-3-26-13(21)11-7(2)15-14(27-11)17-16-12(20)8-4-9(18(22)23)6-10(5-8)19(24)25/h4-6H,3H2,1-2H3,(H,15,17)(H,16,20). The molecule has 1 aromatic carbocycles. The number of nitro groups is 2. The van der Waals surface area contributed by atoms with Crippen LogP contribution in [0.5, 0.6) is 0 Å². The van der Waals surface area contributed by atoms with E-state index in [0.29, 0.717) is 5.69 Å². The third kappa shape index (κ3) is 4.72. The zero-order valence-electron chi connectivity index (χ0n) is 14.0. The largest absolute Gasteiger partial charge is 0.462 e. The van der Waals surface area contributed by atoms with Crippen molar-refractivity contribution in [2.24, 2.45) is 0 Å². The second-order valence-corrected chi connectivity index (χ2v) is 5.98. The van der Waals surface area contributed by atoms with Gasteiger partial charge in [-0.1, -0.05) is 11.3 Å². The number of rotatable bonds is 7. The number of non-ortho nitro benzene ring substituents is 2. The molecule has 0 aliphatic heterocycles. The molecule has 0 spiro atoms. The molecule has 0 aliphatic rings. The molecule has 2 rings (SSSR count). The summed E-state index contributed by atoms with van der Waals surface area (Å²) in [4.78, 5) is 48.3. The van der Waals surface area contributed by atoms with Crippen LogP contribution in [0.25, 0.3) is 0 Å². The maximum Gasteiger partial charge on any atom is 0.350 e. The van der Waals surface area contributed by atoms with Gasteiger partial charge in [-0.05, 0) is 13.8 Å².